The molecule has 3 rings (SSSR count). The van der Waals surface area contributed by atoms with E-state index in [1.54, 1.807) is 6.20 Å². The molecule has 0 bridgehead atoms. The van der Waals surface area contributed by atoms with Crippen LogP contribution >= 0.6 is 11.6 Å². The van der Waals surface area contributed by atoms with E-state index in [4.69, 9.17) is 17.3 Å². The van der Waals surface area contributed by atoms with Gasteiger partial charge in [-0.3, -0.25) is 0 Å². The SMILES string of the molecule is NC(c1cccc(Cl)c1)c1cnn(-c2ccccc2)c1. The number of para-hydroxylation sites is 1. The van der Waals surface area contributed by atoms with Crippen molar-refractivity contribution in [3.8, 4) is 5.69 Å². The molecule has 20 heavy (non-hydrogen) atoms. The van der Waals surface area contributed by atoms with Gasteiger partial charge in [0.05, 0.1) is 17.9 Å². The second kappa shape index (κ2) is 5.49. The van der Waals surface area contributed by atoms with Crippen molar-refractivity contribution in [2.75, 3.05) is 0 Å². The van der Waals surface area contributed by atoms with E-state index >= 15 is 0 Å². The molecule has 0 amide bonds. The molecule has 0 aliphatic heterocycles. The van der Waals surface area contributed by atoms with Crippen LogP contribution in [0.2, 0.25) is 5.02 Å². The monoisotopic (exact) mass is 283 g/mol. The average Bonchev–Trinajstić information content (AvgIpc) is 2.97. The quantitative estimate of drug-likeness (QED) is 0.798. The van der Waals surface area contributed by atoms with Crippen LogP contribution in [-0.2, 0) is 0 Å². The van der Waals surface area contributed by atoms with Crippen LogP contribution in [0.4, 0.5) is 0 Å². The van der Waals surface area contributed by atoms with E-state index in [0.717, 1.165) is 16.8 Å². The summed E-state index contributed by atoms with van der Waals surface area (Å²) in [5, 5.41) is 5.05. The van der Waals surface area contributed by atoms with Gasteiger partial charge in [-0.15, -0.1) is 0 Å². The van der Waals surface area contributed by atoms with Gasteiger partial charge in [-0.1, -0.05) is 41.9 Å². The van der Waals surface area contributed by atoms with Crippen LogP contribution < -0.4 is 5.73 Å². The third-order valence-corrected chi connectivity index (χ3v) is 3.43. The minimum Gasteiger partial charge on any atom is -0.320 e. The molecule has 4 heteroatoms. The molecule has 0 radical (unpaired) electrons. The van der Waals surface area contributed by atoms with E-state index in [0.29, 0.717) is 5.02 Å². The minimum atomic E-state index is -0.230. The molecule has 0 spiro atoms. The fourth-order valence-electron chi connectivity index (χ4n) is 2.11. The zero-order chi connectivity index (χ0) is 13.9. The van der Waals surface area contributed by atoms with Crippen molar-refractivity contribution in [1.82, 2.24) is 9.78 Å². The Hall–Kier alpha value is -2.10. The highest BCUT2D eigenvalue weighted by Gasteiger charge is 2.12. The molecule has 2 N–H and O–H groups in total. The second-order valence-electron chi connectivity index (χ2n) is 4.59. The van der Waals surface area contributed by atoms with E-state index in [1.807, 2.05) is 65.5 Å². The Balaban J connectivity index is 1.90. The van der Waals surface area contributed by atoms with E-state index < -0.39 is 0 Å². The summed E-state index contributed by atoms with van der Waals surface area (Å²) in [4.78, 5) is 0. The third kappa shape index (κ3) is 2.59. The van der Waals surface area contributed by atoms with Crippen LogP contribution in [0.5, 0.6) is 0 Å². The summed E-state index contributed by atoms with van der Waals surface area (Å²) in [6.45, 7) is 0. The number of nitrogens with two attached hydrogens (primary N) is 1. The second-order valence-corrected chi connectivity index (χ2v) is 5.02. The van der Waals surface area contributed by atoms with Crippen LogP contribution in [0.1, 0.15) is 17.2 Å². The first-order chi connectivity index (χ1) is 9.74. The highest BCUT2D eigenvalue weighted by molar-refractivity contribution is 6.30. The number of rotatable bonds is 3. The lowest BCUT2D eigenvalue weighted by molar-refractivity contribution is 0.862. The van der Waals surface area contributed by atoms with Crippen molar-refractivity contribution in [3.05, 3.63) is 83.1 Å². The Bertz CT molecular complexity index is 707. The Morgan fingerprint density at radius 3 is 2.55 bits per heavy atom. The van der Waals surface area contributed by atoms with E-state index in [1.165, 1.54) is 0 Å². The molecule has 0 saturated carbocycles. The lowest BCUT2D eigenvalue weighted by Gasteiger charge is -2.10. The predicted octanol–water partition coefficient (Wildman–Crippen LogP) is 3.57. The molecular weight excluding hydrogens is 270 g/mol. The average molecular weight is 284 g/mol. The maximum absolute atomic E-state index is 6.26. The fourth-order valence-corrected chi connectivity index (χ4v) is 2.31. The van der Waals surface area contributed by atoms with Gasteiger partial charge in [0.1, 0.15) is 0 Å². The van der Waals surface area contributed by atoms with Crippen LogP contribution in [-0.4, -0.2) is 9.78 Å². The normalized spacial score (nSPS) is 12.3. The molecule has 3 aromatic rings. The first kappa shape index (κ1) is 12.9. The van der Waals surface area contributed by atoms with Crippen molar-refractivity contribution in [2.45, 2.75) is 6.04 Å². The third-order valence-electron chi connectivity index (χ3n) is 3.19. The zero-order valence-electron chi connectivity index (χ0n) is 10.8. The summed E-state index contributed by atoms with van der Waals surface area (Å²) in [6, 6.07) is 17.3. The fraction of sp³-hybridized carbons (Fsp3) is 0.0625. The number of nitrogens with zero attached hydrogens (tertiary/aromatic N) is 2. The van der Waals surface area contributed by atoms with Gasteiger partial charge in [0.15, 0.2) is 0 Å². The van der Waals surface area contributed by atoms with Gasteiger partial charge in [0.25, 0.3) is 0 Å². The van der Waals surface area contributed by atoms with Crippen LogP contribution in [0.3, 0.4) is 0 Å². The Morgan fingerprint density at radius 1 is 1.00 bits per heavy atom. The zero-order valence-corrected chi connectivity index (χ0v) is 11.5. The molecule has 1 unspecified atom stereocenters. The first-order valence-electron chi connectivity index (χ1n) is 6.35. The van der Waals surface area contributed by atoms with E-state index in [2.05, 4.69) is 5.10 Å². The van der Waals surface area contributed by atoms with Crippen LogP contribution in [0.25, 0.3) is 5.69 Å². The first-order valence-corrected chi connectivity index (χ1v) is 6.73. The molecule has 1 atom stereocenters. The van der Waals surface area contributed by atoms with Crippen molar-refractivity contribution in [3.63, 3.8) is 0 Å². The summed E-state index contributed by atoms with van der Waals surface area (Å²) in [5.74, 6) is 0. The van der Waals surface area contributed by atoms with Crippen molar-refractivity contribution in [1.29, 1.82) is 0 Å². The number of hydrogen-bond donors (Lipinski definition) is 1. The molecule has 3 nitrogen and oxygen atoms in total. The highest BCUT2D eigenvalue weighted by Crippen LogP contribution is 2.22. The summed E-state index contributed by atoms with van der Waals surface area (Å²) >= 11 is 6.00. The van der Waals surface area contributed by atoms with Crippen LogP contribution in [0.15, 0.2) is 67.0 Å². The Kier molecular flexibility index (Phi) is 3.54. The molecule has 2 aromatic carbocycles. The van der Waals surface area contributed by atoms with Gasteiger partial charge in [0, 0.05) is 16.8 Å². The number of benzene rings is 2. The Labute approximate surface area is 122 Å². The summed E-state index contributed by atoms with van der Waals surface area (Å²) < 4.78 is 1.82. The largest absolute Gasteiger partial charge is 0.320 e. The molecule has 0 aliphatic rings. The van der Waals surface area contributed by atoms with Gasteiger partial charge in [-0.25, -0.2) is 4.68 Å². The smallest absolute Gasteiger partial charge is 0.0645 e. The molecule has 0 saturated heterocycles. The van der Waals surface area contributed by atoms with Gasteiger partial charge in [0.2, 0.25) is 0 Å². The number of aromatic nitrogens is 2. The Morgan fingerprint density at radius 2 is 1.80 bits per heavy atom. The molecule has 100 valence electrons. The van der Waals surface area contributed by atoms with Crippen LogP contribution in [0, 0.1) is 0 Å². The van der Waals surface area contributed by atoms with Crippen molar-refractivity contribution >= 4 is 11.6 Å². The van der Waals surface area contributed by atoms with Crippen molar-refractivity contribution in [2.24, 2.45) is 5.73 Å². The highest BCUT2D eigenvalue weighted by atomic mass is 35.5. The maximum Gasteiger partial charge on any atom is 0.0645 e. The predicted molar refractivity (Wildman–Crippen MR) is 81.0 cm³/mol. The van der Waals surface area contributed by atoms with Gasteiger partial charge < -0.3 is 5.73 Å². The van der Waals surface area contributed by atoms with Gasteiger partial charge in [-0.2, -0.15) is 5.10 Å². The number of hydrogen-bond acceptors (Lipinski definition) is 2. The molecule has 1 aromatic heterocycles. The van der Waals surface area contributed by atoms with Gasteiger partial charge in [-0.05, 0) is 29.8 Å². The number of halogens is 1. The minimum absolute atomic E-state index is 0.230. The summed E-state index contributed by atoms with van der Waals surface area (Å²) in [5.41, 5.74) is 9.21. The lowest BCUT2D eigenvalue weighted by atomic mass is 10.0. The van der Waals surface area contributed by atoms with Gasteiger partial charge >= 0.3 is 0 Å². The molecular formula is C16H14ClN3. The molecule has 1 heterocycles. The molecule has 0 aliphatic carbocycles. The lowest BCUT2D eigenvalue weighted by Crippen LogP contribution is -2.10. The van der Waals surface area contributed by atoms with E-state index in [9.17, 15) is 0 Å². The topological polar surface area (TPSA) is 43.8 Å². The molecule has 0 fully saturated rings. The summed E-state index contributed by atoms with van der Waals surface area (Å²) in [7, 11) is 0. The standard InChI is InChI=1S/C16H14ClN3/c17-14-6-4-5-12(9-14)16(18)13-10-19-20(11-13)15-7-2-1-3-8-15/h1-11,16H,18H2. The van der Waals surface area contributed by atoms with Crippen molar-refractivity contribution < 1.29 is 0 Å². The van der Waals surface area contributed by atoms with E-state index in [-0.39, 0.29) is 6.04 Å². The maximum atomic E-state index is 6.26. The summed E-state index contributed by atoms with van der Waals surface area (Å²) in [6.07, 6.45) is 3.74.